The van der Waals surface area contributed by atoms with Gasteiger partial charge in [0.1, 0.15) is 0 Å². The van der Waals surface area contributed by atoms with Crippen LogP contribution in [-0.4, -0.2) is 55.4 Å². The summed E-state index contributed by atoms with van der Waals surface area (Å²) in [6.07, 6.45) is -0.469. The van der Waals surface area contributed by atoms with E-state index in [1.165, 1.54) is 0 Å². The maximum absolute atomic E-state index is 12.6. The van der Waals surface area contributed by atoms with E-state index in [4.69, 9.17) is 9.47 Å². The summed E-state index contributed by atoms with van der Waals surface area (Å²) < 4.78 is 40.8. The van der Waals surface area contributed by atoms with E-state index in [1.54, 1.807) is 30.3 Å². The summed E-state index contributed by atoms with van der Waals surface area (Å²) in [5.74, 6) is 0.0608. The first-order chi connectivity index (χ1) is 18.8. The lowest BCUT2D eigenvalue weighted by Gasteiger charge is -2.42. The van der Waals surface area contributed by atoms with Crippen LogP contribution in [0.1, 0.15) is 48.0 Å². The van der Waals surface area contributed by atoms with Gasteiger partial charge in [-0.3, -0.25) is 4.90 Å². The normalized spacial score (nSPS) is 26.1. The van der Waals surface area contributed by atoms with E-state index in [0.29, 0.717) is 13.1 Å². The van der Waals surface area contributed by atoms with Gasteiger partial charge in [0, 0.05) is 37.7 Å². The van der Waals surface area contributed by atoms with Gasteiger partial charge in [-0.2, -0.15) is 0 Å². The molecule has 5 atom stereocenters. The molecule has 1 unspecified atom stereocenters. The molecular formula is C30H36N2O6S. The first-order valence-corrected chi connectivity index (χ1v) is 14.9. The molecule has 2 heterocycles. The van der Waals surface area contributed by atoms with Crippen LogP contribution < -0.4 is 4.72 Å². The van der Waals surface area contributed by atoms with Crippen molar-refractivity contribution in [3.05, 3.63) is 101 Å². The quantitative estimate of drug-likeness (QED) is 0.373. The lowest BCUT2D eigenvalue weighted by molar-refractivity contribution is -0.276. The predicted octanol–water partition coefficient (Wildman–Crippen LogP) is 3.52. The fourth-order valence-electron chi connectivity index (χ4n) is 5.21. The Labute approximate surface area is 230 Å². The number of rotatable bonds is 9. The fourth-order valence-corrected chi connectivity index (χ4v) is 6.25. The van der Waals surface area contributed by atoms with Crippen LogP contribution in [0.15, 0.2) is 83.8 Å². The van der Waals surface area contributed by atoms with E-state index < -0.39 is 16.3 Å². The van der Waals surface area contributed by atoms with Crippen molar-refractivity contribution in [3.8, 4) is 0 Å². The van der Waals surface area contributed by atoms with Crippen molar-refractivity contribution in [2.45, 2.75) is 56.0 Å². The largest absolute Gasteiger partial charge is 0.392 e. The molecule has 8 nitrogen and oxygen atoms in total. The van der Waals surface area contributed by atoms with Gasteiger partial charge in [-0.25, -0.2) is 13.1 Å². The number of nitrogens with one attached hydrogen (secondary N) is 1. The second-order valence-electron chi connectivity index (χ2n) is 10.4. The van der Waals surface area contributed by atoms with Crippen LogP contribution in [0.2, 0.25) is 0 Å². The summed E-state index contributed by atoms with van der Waals surface area (Å²) >= 11 is 0. The van der Waals surface area contributed by atoms with Gasteiger partial charge in [0.25, 0.3) is 0 Å². The molecule has 0 spiro atoms. The zero-order chi connectivity index (χ0) is 27.4. The van der Waals surface area contributed by atoms with Crippen LogP contribution in [-0.2, 0) is 32.6 Å². The molecule has 2 fully saturated rings. The van der Waals surface area contributed by atoms with Crippen molar-refractivity contribution in [3.63, 3.8) is 0 Å². The maximum atomic E-state index is 12.6. The molecule has 2 aliphatic heterocycles. The third kappa shape index (κ3) is 6.75. The Hall–Kier alpha value is -2.63. The number of benzene rings is 3. The van der Waals surface area contributed by atoms with Gasteiger partial charge in [-0.15, -0.1) is 0 Å². The Balaban J connectivity index is 1.31. The van der Waals surface area contributed by atoms with Crippen molar-refractivity contribution in [2.24, 2.45) is 5.92 Å². The molecule has 3 N–H and O–H groups in total. The Bertz CT molecular complexity index is 1320. The molecule has 0 radical (unpaired) electrons. The van der Waals surface area contributed by atoms with Gasteiger partial charge in [-0.05, 0) is 35.2 Å². The molecule has 3 aromatic carbocycles. The summed E-state index contributed by atoms with van der Waals surface area (Å²) in [5.41, 5.74) is 3.53. The monoisotopic (exact) mass is 552 g/mol. The molecule has 39 heavy (non-hydrogen) atoms. The summed E-state index contributed by atoms with van der Waals surface area (Å²) in [6.45, 7) is 4.45. The van der Waals surface area contributed by atoms with Gasteiger partial charge >= 0.3 is 0 Å². The van der Waals surface area contributed by atoms with Crippen molar-refractivity contribution < 1.29 is 28.1 Å². The zero-order valence-corrected chi connectivity index (χ0v) is 22.8. The molecule has 2 aliphatic rings. The Kier molecular flexibility index (Phi) is 8.78. The topological polar surface area (TPSA) is 108 Å². The highest BCUT2D eigenvalue weighted by molar-refractivity contribution is 7.89. The average Bonchev–Trinajstić information content (AvgIpc) is 3.38. The van der Waals surface area contributed by atoms with Crippen molar-refractivity contribution in [2.75, 3.05) is 19.6 Å². The highest BCUT2D eigenvalue weighted by Gasteiger charge is 2.39. The molecule has 0 amide bonds. The number of sulfonamides is 1. The third-order valence-electron chi connectivity index (χ3n) is 7.58. The number of hydrogen-bond donors (Lipinski definition) is 3. The SMILES string of the molecule is C[C@H]1[C@@H](CN2CC[C@@H](O)C2)OC(c2ccc(CNS(=O)(=O)c3ccccc3)cc2)O[C@H]1c1ccc(CO)cc1. The number of ether oxygens (including phenoxy) is 2. The smallest absolute Gasteiger partial charge is 0.240 e. The van der Waals surface area contributed by atoms with E-state index >= 15 is 0 Å². The summed E-state index contributed by atoms with van der Waals surface area (Å²) in [4.78, 5) is 2.47. The highest BCUT2D eigenvalue weighted by Crippen LogP contribution is 2.42. The van der Waals surface area contributed by atoms with Gasteiger partial charge < -0.3 is 19.7 Å². The van der Waals surface area contributed by atoms with Crippen LogP contribution in [0.5, 0.6) is 0 Å². The number of hydrogen-bond acceptors (Lipinski definition) is 7. The number of aliphatic hydroxyl groups excluding tert-OH is 2. The molecule has 5 rings (SSSR count). The summed E-state index contributed by atoms with van der Waals surface area (Å²) in [6, 6.07) is 23.7. The molecule has 0 saturated carbocycles. The predicted molar refractivity (Wildman–Crippen MR) is 147 cm³/mol. The standard InChI is InChI=1S/C30H36N2O6S/c1-21-28(19-32-16-15-26(34)18-32)37-30(38-29(21)24-11-9-23(20-33)10-12-24)25-13-7-22(8-14-25)17-31-39(35,36)27-5-3-2-4-6-27/h2-14,21,26,28-31,33-34H,15-20H2,1H3/t21-,26+,28+,29+,30?/m0/s1. The zero-order valence-electron chi connectivity index (χ0n) is 22.0. The second kappa shape index (κ2) is 12.3. The molecule has 0 aromatic heterocycles. The Morgan fingerprint density at radius 2 is 1.59 bits per heavy atom. The molecule has 0 aliphatic carbocycles. The molecule has 9 heteroatoms. The average molecular weight is 553 g/mol. The number of nitrogens with zero attached hydrogens (tertiary/aromatic N) is 1. The van der Waals surface area contributed by atoms with Crippen LogP contribution in [0, 0.1) is 5.92 Å². The lowest BCUT2D eigenvalue weighted by atomic mass is 9.90. The molecule has 208 valence electrons. The Morgan fingerprint density at radius 1 is 0.923 bits per heavy atom. The first kappa shape index (κ1) is 27.9. The van der Waals surface area contributed by atoms with E-state index in [-0.39, 0.29) is 42.3 Å². The van der Waals surface area contributed by atoms with Crippen molar-refractivity contribution >= 4 is 10.0 Å². The van der Waals surface area contributed by atoms with E-state index in [9.17, 15) is 18.6 Å². The summed E-state index contributed by atoms with van der Waals surface area (Å²) in [5, 5.41) is 19.5. The van der Waals surface area contributed by atoms with Crippen LogP contribution >= 0.6 is 0 Å². The minimum absolute atomic E-state index is 0.0130. The second-order valence-corrected chi connectivity index (χ2v) is 12.2. The molecular weight excluding hydrogens is 516 g/mol. The van der Waals surface area contributed by atoms with Crippen LogP contribution in [0.3, 0.4) is 0 Å². The van der Waals surface area contributed by atoms with Crippen molar-refractivity contribution in [1.29, 1.82) is 0 Å². The van der Waals surface area contributed by atoms with E-state index in [0.717, 1.165) is 35.2 Å². The van der Waals surface area contributed by atoms with Gasteiger partial charge in [0.2, 0.25) is 10.0 Å². The van der Waals surface area contributed by atoms with Crippen LogP contribution in [0.25, 0.3) is 0 Å². The number of β-amino-alcohol motifs (C(OH)–C–C–N with tert-alkyl or cyclic N) is 1. The number of likely N-dealkylation sites (tertiary alicyclic amines) is 1. The van der Waals surface area contributed by atoms with E-state index in [2.05, 4.69) is 16.5 Å². The minimum atomic E-state index is -3.60. The van der Waals surface area contributed by atoms with E-state index in [1.807, 2.05) is 48.5 Å². The maximum Gasteiger partial charge on any atom is 0.240 e. The van der Waals surface area contributed by atoms with Crippen molar-refractivity contribution in [1.82, 2.24) is 9.62 Å². The molecule has 3 aromatic rings. The lowest BCUT2D eigenvalue weighted by Crippen LogP contribution is -2.44. The number of aliphatic hydroxyl groups is 2. The highest BCUT2D eigenvalue weighted by atomic mass is 32.2. The molecule has 2 saturated heterocycles. The molecule has 0 bridgehead atoms. The third-order valence-corrected chi connectivity index (χ3v) is 9.00. The van der Waals surface area contributed by atoms with Gasteiger partial charge in [0.05, 0.1) is 29.8 Å². The van der Waals surface area contributed by atoms with Crippen LogP contribution in [0.4, 0.5) is 0 Å². The first-order valence-electron chi connectivity index (χ1n) is 13.4. The Morgan fingerprint density at radius 3 is 2.23 bits per heavy atom. The van der Waals surface area contributed by atoms with Gasteiger partial charge in [-0.1, -0.05) is 73.7 Å². The summed E-state index contributed by atoms with van der Waals surface area (Å²) in [7, 11) is -3.60. The van der Waals surface area contributed by atoms with Gasteiger partial charge in [0.15, 0.2) is 6.29 Å². The fraction of sp³-hybridized carbons (Fsp3) is 0.400. The minimum Gasteiger partial charge on any atom is -0.392 e.